The van der Waals surface area contributed by atoms with Crippen LogP contribution in [0.1, 0.15) is 29.3 Å². The maximum atomic E-state index is 13.7. The fourth-order valence-electron chi connectivity index (χ4n) is 5.91. The zero-order valence-corrected chi connectivity index (χ0v) is 21.8. The van der Waals surface area contributed by atoms with Gasteiger partial charge >= 0.3 is 0 Å². The molecule has 1 aromatic rings. The number of anilines is 1. The molecule has 39 heavy (non-hydrogen) atoms. The number of phenolic OH excluding ortho intramolecular Hbond substituents is 1. The molecule has 4 atom stereocenters. The predicted molar refractivity (Wildman–Crippen MR) is 140 cm³/mol. The van der Waals surface area contributed by atoms with E-state index in [2.05, 4.69) is 10.6 Å². The SMILES string of the molecule is CC=CCNCC(=O)Nc1ccc2c(c1O)C(=O)C1=C(O)[C@]3(O)C(=O)C(C(N)=O)=C(O)[C@@H](N(C)C)C3CC1C2. The summed E-state index contributed by atoms with van der Waals surface area (Å²) in [6.07, 6.45) is 3.81. The molecule has 4 rings (SSSR count). The number of hydrogen-bond donors (Lipinski definition) is 7. The molecule has 3 aliphatic rings. The number of ketones is 2. The van der Waals surface area contributed by atoms with Gasteiger partial charge in [0.15, 0.2) is 17.1 Å². The van der Waals surface area contributed by atoms with Crippen LogP contribution in [0.4, 0.5) is 5.69 Å². The smallest absolute Gasteiger partial charge is 0.255 e. The van der Waals surface area contributed by atoms with Crippen molar-refractivity contribution in [1.82, 2.24) is 10.2 Å². The van der Waals surface area contributed by atoms with Crippen LogP contribution in [-0.4, -0.2) is 87.5 Å². The number of likely N-dealkylation sites (N-methyl/N-ethyl adjacent to an activating group) is 1. The fourth-order valence-corrected chi connectivity index (χ4v) is 5.91. The number of aliphatic hydroxyl groups is 3. The molecule has 12 nitrogen and oxygen atoms in total. The highest BCUT2D eigenvalue weighted by molar-refractivity contribution is 6.25. The number of nitrogens with one attached hydrogen (secondary N) is 2. The van der Waals surface area contributed by atoms with Crippen LogP contribution in [0.25, 0.3) is 0 Å². The monoisotopic (exact) mass is 540 g/mol. The summed E-state index contributed by atoms with van der Waals surface area (Å²) in [5.74, 6) is -7.68. The maximum Gasteiger partial charge on any atom is 0.255 e. The van der Waals surface area contributed by atoms with Crippen LogP contribution in [0.3, 0.4) is 0 Å². The highest BCUT2D eigenvalue weighted by Crippen LogP contribution is 2.52. The van der Waals surface area contributed by atoms with Crippen LogP contribution < -0.4 is 16.4 Å². The lowest BCUT2D eigenvalue weighted by atomic mass is 9.58. The Bertz CT molecular complexity index is 1360. The van der Waals surface area contributed by atoms with Gasteiger partial charge in [0.1, 0.15) is 17.1 Å². The summed E-state index contributed by atoms with van der Waals surface area (Å²) in [4.78, 5) is 52.9. The highest BCUT2D eigenvalue weighted by Gasteiger charge is 2.63. The molecular formula is C27H32N4O8. The number of fused-ring (bicyclic) bond motifs is 3. The van der Waals surface area contributed by atoms with Crippen LogP contribution in [0.2, 0.25) is 0 Å². The second-order valence-electron chi connectivity index (χ2n) is 10.2. The molecule has 0 saturated carbocycles. The van der Waals surface area contributed by atoms with E-state index in [1.807, 2.05) is 19.1 Å². The molecule has 0 fully saturated rings. The summed E-state index contributed by atoms with van der Waals surface area (Å²) < 4.78 is 0. The quantitative estimate of drug-likeness (QED) is 0.109. The van der Waals surface area contributed by atoms with Gasteiger partial charge in [-0.05, 0) is 51.4 Å². The van der Waals surface area contributed by atoms with Crippen molar-refractivity contribution in [2.45, 2.75) is 31.4 Å². The number of phenols is 1. The molecule has 0 radical (unpaired) electrons. The average molecular weight is 541 g/mol. The van der Waals surface area contributed by atoms with Crippen molar-refractivity contribution in [3.05, 3.63) is 58.1 Å². The zero-order chi connectivity index (χ0) is 28.8. The van der Waals surface area contributed by atoms with E-state index in [0.717, 1.165) is 0 Å². The maximum absolute atomic E-state index is 13.7. The summed E-state index contributed by atoms with van der Waals surface area (Å²) in [6.45, 7) is 2.26. The van der Waals surface area contributed by atoms with Crippen molar-refractivity contribution in [2.75, 3.05) is 32.5 Å². The first kappa shape index (κ1) is 28.0. The van der Waals surface area contributed by atoms with E-state index < -0.39 is 69.7 Å². The van der Waals surface area contributed by atoms with Crippen molar-refractivity contribution in [3.8, 4) is 5.75 Å². The Hall–Kier alpha value is -4.00. The molecule has 0 bridgehead atoms. The van der Waals surface area contributed by atoms with Gasteiger partial charge in [0, 0.05) is 18.0 Å². The first-order valence-corrected chi connectivity index (χ1v) is 12.5. The number of aliphatic hydroxyl groups excluding tert-OH is 2. The Morgan fingerprint density at radius 3 is 2.51 bits per heavy atom. The van der Waals surface area contributed by atoms with Gasteiger partial charge in [-0.1, -0.05) is 18.2 Å². The van der Waals surface area contributed by atoms with Crippen LogP contribution in [0, 0.1) is 11.8 Å². The second-order valence-corrected chi connectivity index (χ2v) is 10.2. The minimum atomic E-state index is -2.70. The minimum absolute atomic E-state index is 0.00286. The lowest BCUT2D eigenvalue weighted by molar-refractivity contribution is -0.148. The van der Waals surface area contributed by atoms with E-state index >= 15 is 0 Å². The van der Waals surface area contributed by atoms with Gasteiger partial charge in [0.25, 0.3) is 5.91 Å². The molecular weight excluding hydrogens is 508 g/mol. The minimum Gasteiger partial charge on any atom is -0.510 e. The molecule has 0 heterocycles. The molecule has 0 aliphatic heterocycles. The van der Waals surface area contributed by atoms with Gasteiger partial charge < -0.3 is 36.8 Å². The summed E-state index contributed by atoms with van der Waals surface area (Å²) in [7, 11) is 3.13. The summed E-state index contributed by atoms with van der Waals surface area (Å²) in [6, 6.07) is 2.00. The number of primary amides is 1. The van der Waals surface area contributed by atoms with Gasteiger partial charge in [-0.3, -0.25) is 24.1 Å². The first-order chi connectivity index (χ1) is 18.4. The zero-order valence-electron chi connectivity index (χ0n) is 21.8. The summed E-state index contributed by atoms with van der Waals surface area (Å²) in [5, 5.41) is 50.1. The van der Waals surface area contributed by atoms with E-state index in [9.17, 15) is 39.6 Å². The number of benzene rings is 1. The number of nitrogens with two attached hydrogens (primary N) is 1. The number of aromatic hydroxyl groups is 1. The van der Waals surface area contributed by atoms with Crippen LogP contribution in [-0.2, 0) is 20.8 Å². The Morgan fingerprint density at radius 2 is 1.90 bits per heavy atom. The molecule has 12 heteroatoms. The number of Topliss-reactive ketones (excluding diaryl/α,β-unsaturated/α-hetero) is 2. The Morgan fingerprint density at radius 1 is 1.21 bits per heavy atom. The van der Waals surface area contributed by atoms with E-state index in [1.54, 1.807) is 20.2 Å². The number of carbonyl (C=O) groups excluding carboxylic acids is 4. The third kappa shape index (κ3) is 4.40. The number of amides is 2. The summed E-state index contributed by atoms with van der Waals surface area (Å²) >= 11 is 0. The average Bonchev–Trinajstić information content (AvgIpc) is 2.85. The van der Waals surface area contributed by atoms with Gasteiger partial charge in [-0.25, -0.2) is 0 Å². The van der Waals surface area contributed by atoms with Crippen LogP contribution >= 0.6 is 0 Å². The van der Waals surface area contributed by atoms with Gasteiger partial charge in [0.2, 0.25) is 11.7 Å². The lowest BCUT2D eigenvalue weighted by Crippen LogP contribution is -2.63. The first-order valence-electron chi connectivity index (χ1n) is 12.5. The highest BCUT2D eigenvalue weighted by atomic mass is 16.3. The number of nitrogens with zero attached hydrogens (tertiary/aromatic N) is 1. The number of rotatable bonds is 7. The number of allylic oxidation sites excluding steroid dienone is 2. The molecule has 0 aromatic heterocycles. The topological polar surface area (TPSA) is 203 Å². The van der Waals surface area contributed by atoms with Crippen LogP contribution in [0.15, 0.2) is 46.9 Å². The normalized spacial score (nSPS) is 26.5. The van der Waals surface area contributed by atoms with E-state index in [0.29, 0.717) is 12.1 Å². The van der Waals surface area contributed by atoms with E-state index in [-0.39, 0.29) is 36.2 Å². The van der Waals surface area contributed by atoms with Crippen molar-refractivity contribution in [3.63, 3.8) is 0 Å². The molecule has 0 spiro atoms. The summed E-state index contributed by atoms with van der Waals surface area (Å²) in [5.41, 5.74) is 1.77. The Labute approximate surface area is 224 Å². The predicted octanol–water partition coefficient (Wildman–Crippen LogP) is 0.225. The lowest BCUT2D eigenvalue weighted by Gasteiger charge is -2.50. The largest absolute Gasteiger partial charge is 0.510 e. The Balaban J connectivity index is 1.76. The molecule has 2 unspecified atom stereocenters. The van der Waals surface area contributed by atoms with Gasteiger partial charge in [0.05, 0.1) is 23.8 Å². The molecule has 3 aliphatic carbocycles. The molecule has 2 amide bonds. The molecule has 1 aromatic carbocycles. The van der Waals surface area contributed by atoms with Crippen molar-refractivity contribution < 1.29 is 39.6 Å². The van der Waals surface area contributed by atoms with Crippen LogP contribution in [0.5, 0.6) is 5.75 Å². The standard InChI is InChI=1S/C27H32N4O8/c1-4-5-8-29-11-16(32)30-15-7-6-12-9-13-10-14-20(31(2)3)23(35)19(26(28)38)25(37)27(14,39)24(36)18(13)22(34)17(12)21(15)33/h4-7,13-14,20,29,33,35-36,39H,8-11H2,1-3H3,(H2,28,38)(H,30,32)/t13?,14?,20-,27-/m0/s1. The molecule has 8 N–H and O–H groups in total. The van der Waals surface area contributed by atoms with E-state index in [4.69, 9.17) is 5.73 Å². The number of hydrogen-bond acceptors (Lipinski definition) is 10. The van der Waals surface area contributed by atoms with Gasteiger partial charge in [-0.2, -0.15) is 0 Å². The van der Waals surface area contributed by atoms with E-state index in [1.165, 1.54) is 11.0 Å². The van der Waals surface area contributed by atoms with Crippen molar-refractivity contribution in [1.29, 1.82) is 0 Å². The molecule has 0 saturated heterocycles. The van der Waals surface area contributed by atoms with Gasteiger partial charge in [-0.15, -0.1) is 0 Å². The molecule has 208 valence electrons. The Kier molecular flexibility index (Phi) is 7.39. The third-order valence-electron chi connectivity index (χ3n) is 7.65. The third-order valence-corrected chi connectivity index (χ3v) is 7.65. The van der Waals surface area contributed by atoms with Crippen molar-refractivity contribution >= 4 is 29.1 Å². The van der Waals surface area contributed by atoms with Crippen molar-refractivity contribution in [2.24, 2.45) is 17.6 Å². The second kappa shape index (κ2) is 10.3. The number of carbonyl (C=O) groups is 4. The fraction of sp³-hybridized carbons (Fsp3) is 0.407.